The van der Waals surface area contributed by atoms with E-state index in [4.69, 9.17) is 4.74 Å². The van der Waals surface area contributed by atoms with Gasteiger partial charge in [-0.2, -0.15) is 0 Å². The van der Waals surface area contributed by atoms with E-state index in [1.54, 1.807) is 4.90 Å². The van der Waals surface area contributed by atoms with E-state index in [0.29, 0.717) is 38.8 Å². The number of ketones is 1. The highest BCUT2D eigenvalue weighted by atomic mass is 16.6. The van der Waals surface area contributed by atoms with Crippen LogP contribution in [0.4, 0.5) is 10.5 Å². The second kappa shape index (κ2) is 11.3. The van der Waals surface area contributed by atoms with E-state index in [2.05, 4.69) is 12.1 Å². The van der Waals surface area contributed by atoms with Crippen LogP contribution in [0.1, 0.15) is 79.9 Å². The number of nitrogens with zero attached hydrogens (tertiary/aromatic N) is 2. The number of hydrogen-bond donors (Lipinski definition) is 0. The minimum absolute atomic E-state index is 0.135. The molecule has 4 rings (SSSR count). The molecule has 0 saturated carbocycles. The maximum absolute atomic E-state index is 13.1. The van der Waals surface area contributed by atoms with Gasteiger partial charge >= 0.3 is 6.09 Å². The van der Waals surface area contributed by atoms with Crippen LogP contribution in [-0.4, -0.2) is 47.9 Å². The number of carbonyl (C=O) groups excluding carboxylic acids is 3. The summed E-state index contributed by atoms with van der Waals surface area (Å²) < 4.78 is 5.63. The van der Waals surface area contributed by atoms with Crippen LogP contribution in [0.5, 0.6) is 0 Å². The molecule has 0 fully saturated rings. The van der Waals surface area contributed by atoms with Gasteiger partial charge in [-0.15, -0.1) is 0 Å². The summed E-state index contributed by atoms with van der Waals surface area (Å²) in [6.07, 6.45) is 5.44. The Morgan fingerprint density at radius 1 is 0.972 bits per heavy atom. The summed E-state index contributed by atoms with van der Waals surface area (Å²) in [5, 5.41) is 0. The lowest BCUT2D eigenvalue weighted by atomic mass is 9.88. The summed E-state index contributed by atoms with van der Waals surface area (Å²) in [5.74, 6) is 0.334. The smallest absolute Gasteiger partial charge is 0.410 e. The van der Waals surface area contributed by atoms with Gasteiger partial charge in [0.25, 0.3) is 0 Å². The molecule has 2 heterocycles. The maximum Gasteiger partial charge on any atom is 0.410 e. The number of unbranched alkanes of at least 4 members (excludes halogenated alkanes) is 1. The number of ether oxygens (including phenoxy) is 1. The molecule has 6 nitrogen and oxygen atoms in total. The molecule has 192 valence electrons. The van der Waals surface area contributed by atoms with Crippen molar-refractivity contribution in [2.45, 2.75) is 77.7 Å². The molecule has 0 aliphatic carbocycles. The summed E-state index contributed by atoms with van der Waals surface area (Å²) in [5.41, 5.74) is 4.70. The van der Waals surface area contributed by atoms with Gasteiger partial charge in [-0.05, 0) is 88.1 Å². The highest BCUT2D eigenvalue weighted by molar-refractivity contribution is 6.01. The Morgan fingerprint density at radius 3 is 2.42 bits per heavy atom. The molecule has 0 saturated heterocycles. The number of hydrogen-bond acceptors (Lipinski definition) is 4. The van der Waals surface area contributed by atoms with Crippen molar-refractivity contribution in [1.82, 2.24) is 4.90 Å². The molecule has 0 unspecified atom stereocenters. The number of Topliss-reactive ketones (excluding diaryl/α,β-unsaturated/α-hetero) is 1. The number of aryl methyl sites for hydroxylation is 2. The Hall–Kier alpha value is -3.15. The number of anilines is 1. The van der Waals surface area contributed by atoms with Crippen molar-refractivity contribution in [3.05, 3.63) is 64.7 Å². The van der Waals surface area contributed by atoms with E-state index >= 15 is 0 Å². The van der Waals surface area contributed by atoms with Crippen LogP contribution in [-0.2, 0) is 28.8 Å². The zero-order valence-electron chi connectivity index (χ0n) is 21.8. The second-order valence-electron chi connectivity index (χ2n) is 10.9. The Balaban J connectivity index is 1.34. The van der Waals surface area contributed by atoms with Gasteiger partial charge < -0.3 is 14.5 Å². The molecule has 2 aliphatic heterocycles. The molecule has 2 amide bonds. The fourth-order valence-corrected chi connectivity index (χ4v) is 5.08. The molecule has 0 atom stereocenters. The first-order chi connectivity index (χ1) is 17.2. The van der Waals surface area contributed by atoms with Crippen LogP contribution in [0.2, 0.25) is 0 Å². The van der Waals surface area contributed by atoms with Crippen LogP contribution >= 0.6 is 0 Å². The largest absolute Gasteiger partial charge is 0.444 e. The van der Waals surface area contributed by atoms with Crippen molar-refractivity contribution < 1.29 is 19.1 Å². The van der Waals surface area contributed by atoms with Crippen molar-refractivity contribution in [2.75, 3.05) is 24.5 Å². The average molecular weight is 491 g/mol. The SMILES string of the molecule is CC(C)(C)OC(=O)N(CCCCC(=O)c1cc2c3c(c1)CCC(=O)N3CCC2)CCc1ccccc1. The first-order valence-electron chi connectivity index (χ1n) is 13.2. The second-order valence-corrected chi connectivity index (χ2v) is 10.9. The first-order valence-corrected chi connectivity index (χ1v) is 13.2. The lowest BCUT2D eigenvalue weighted by molar-refractivity contribution is -0.119. The highest BCUT2D eigenvalue weighted by Crippen LogP contribution is 2.37. The molecular weight excluding hydrogens is 452 g/mol. The monoisotopic (exact) mass is 490 g/mol. The van der Waals surface area contributed by atoms with Gasteiger partial charge in [0, 0.05) is 38.0 Å². The number of carbonyl (C=O) groups is 3. The molecule has 6 heteroatoms. The third-order valence-electron chi connectivity index (χ3n) is 6.84. The van der Waals surface area contributed by atoms with Crippen molar-refractivity contribution >= 4 is 23.5 Å². The van der Waals surface area contributed by atoms with Gasteiger partial charge in [-0.25, -0.2) is 4.79 Å². The van der Waals surface area contributed by atoms with Crippen molar-refractivity contribution in [3.8, 4) is 0 Å². The number of benzene rings is 2. The van der Waals surface area contributed by atoms with E-state index in [9.17, 15) is 14.4 Å². The summed E-state index contributed by atoms with van der Waals surface area (Å²) in [4.78, 5) is 41.8. The van der Waals surface area contributed by atoms with E-state index in [-0.39, 0.29) is 17.8 Å². The summed E-state index contributed by atoms with van der Waals surface area (Å²) in [6, 6.07) is 14.1. The molecule has 2 aliphatic rings. The molecule has 0 spiro atoms. The Morgan fingerprint density at radius 2 is 1.69 bits per heavy atom. The molecule has 2 aromatic carbocycles. The van der Waals surface area contributed by atoms with Crippen LogP contribution in [0, 0.1) is 0 Å². The molecule has 2 aromatic rings. The Labute approximate surface area is 214 Å². The van der Waals surface area contributed by atoms with E-state index in [1.807, 2.05) is 56.0 Å². The summed E-state index contributed by atoms with van der Waals surface area (Å²) >= 11 is 0. The van der Waals surface area contributed by atoms with Crippen LogP contribution < -0.4 is 4.90 Å². The lowest BCUT2D eigenvalue weighted by Gasteiger charge is -2.35. The van der Waals surface area contributed by atoms with E-state index in [0.717, 1.165) is 54.6 Å². The first kappa shape index (κ1) is 25.9. The van der Waals surface area contributed by atoms with Gasteiger partial charge in [0.2, 0.25) is 5.91 Å². The quantitative estimate of drug-likeness (QED) is 0.332. The van der Waals surface area contributed by atoms with Gasteiger partial charge in [0.15, 0.2) is 5.78 Å². The van der Waals surface area contributed by atoms with Crippen molar-refractivity contribution in [3.63, 3.8) is 0 Å². The lowest BCUT2D eigenvalue weighted by Crippen LogP contribution is -2.39. The zero-order valence-corrected chi connectivity index (χ0v) is 21.8. The number of rotatable bonds is 9. The van der Waals surface area contributed by atoms with Gasteiger partial charge in [-0.1, -0.05) is 30.3 Å². The minimum Gasteiger partial charge on any atom is -0.444 e. The predicted octanol–water partition coefficient (Wildman–Crippen LogP) is 5.74. The van der Waals surface area contributed by atoms with Crippen LogP contribution in [0.25, 0.3) is 0 Å². The fourth-order valence-electron chi connectivity index (χ4n) is 5.08. The number of amides is 2. The topological polar surface area (TPSA) is 66.9 Å². The molecule has 0 bridgehead atoms. The van der Waals surface area contributed by atoms with Gasteiger partial charge in [0.1, 0.15) is 5.60 Å². The van der Waals surface area contributed by atoms with Crippen LogP contribution in [0.3, 0.4) is 0 Å². The maximum atomic E-state index is 13.1. The fraction of sp³-hybridized carbons (Fsp3) is 0.500. The van der Waals surface area contributed by atoms with E-state index in [1.165, 1.54) is 5.56 Å². The van der Waals surface area contributed by atoms with Crippen molar-refractivity contribution in [2.24, 2.45) is 0 Å². The standard InChI is InChI=1S/C30H38N2O4/c1-30(2,3)36-29(35)31(19-16-22-10-5-4-6-11-22)17-8-7-13-26(33)25-20-23-12-9-18-32-27(34)15-14-24(21-25)28(23)32/h4-6,10-11,20-21H,7-9,12-19H2,1-3H3. The molecule has 36 heavy (non-hydrogen) atoms. The molecular formula is C30H38N2O4. The van der Waals surface area contributed by atoms with Crippen LogP contribution in [0.15, 0.2) is 42.5 Å². The van der Waals surface area contributed by atoms with E-state index < -0.39 is 5.60 Å². The zero-order chi connectivity index (χ0) is 25.7. The Kier molecular flexibility index (Phi) is 8.12. The normalized spacial score (nSPS) is 14.9. The average Bonchev–Trinajstić information content (AvgIpc) is 2.85. The van der Waals surface area contributed by atoms with Gasteiger partial charge in [0.05, 0.1) is 5.69 Å². The van der Waals surface area contributed by atoms with Gasteiger partial charge in [-0.3, -0.25) is 9.59 Å². The molecule has 0 N–H and O–H groups in total. The summed E-state index contributed by atoms with van der Waals surface area (Å²) in [6.45, 7) is 7.54. The predicted molar refractivity (Wildman–Crippen MR) is 142 cm³/mol. The highest BCUT2D eigenvalue weighted by Gasteiger charge is 2.30. The third kappa shape index (κ3) is 6.54. The molecule has 0 aromatic heterocycles. The molecule has 0 radical (unpaired) electrons. The van der Waals surface area contributed by atoms with Crippen molar-refractivity contribution in [1.29, 1.82) is 0 Å². The third-order valence-corrected chi connectivity index (χ3v) is 6.84. The summed E-state index contributed by atoms with van der Waals surface area (Å²) in [7, 11) is 0. The minimum atomic E-state index is -0.551. The Bertz CT molecular complexity index is 1090.